The summed E-state index contributed by atoms with van der Waals surface area (Å²) in [4.78, 5) is 14.2. The summed E-state index contributed by atoms with van der Waals surface area (Å²) in [5.74, 6) is 0. The van der Waals surface area contributed by atoms with Gasteiger partial charge in [-0.05, 0) is 31.5 Å². The highest BCUT2D eigenvalue weighted by Crippen LogP contribution is 2.35. The lowest BCUT2D eigenvalue weighted by Crippen LogP contribution is -2.33. The molecule has 128 valence electrons. The molecule has 0 amide bonds. The van der Waals surface area contributed by atoms with Crippen LogP contribution in [0.4, 0.5) is 13.2 Å². The van der Waals surface area contributed by atoms with Gasteiger partial charge in [-0.3, -0.25) is 4.79 Å². The van der Waals surface area contributed by atoms with Crippen molar-refractivity contribution >= 4 is 33.4 Å². The number of pyridine rings is 1. The zero-order valence-electron chi connectivity index (χ0n) is 12.8. The Morgan fingerprint density at radius 3 is 2.58 bits per heavy atom. The van der Waals surface area contributed by atoms with Crippen molar-refractivity contribution in [2.75, 3.05) is 0 Å². The van der Waals surface area contributed by atoms with Gasteiger partial charge in [0.2, 0.25) is 5.56 Å². The van der Waals surface area contributed by atoms with E-state index in [9.17, 15) is 23.1 Å². The van der Waals surface area contributed by atoms with E-state index in [4.69, 9.17) is 11.6 Å². The average molecular weight is 359 g/mol. The van der Waals surface area contributed by atoms with Crippen molar-refractivity contribution in [2.24, 2.45) is 0 Å². The summed E-state index contributed by atoms with van der Waals surface area (Å²) in [5, 5.41) is 10.9. The van der Waals surface area contributed by atoms with Gasteiger partial charge in [-0.1, -0.05) is 11.6 Å². The molecule has 0 aliphatic rings. The highest BCUT2D eigenvalue weighted by molar-refractivity contribution is 6.37. The van der Waals surface area contributed by atoms with Crippen LogP contribution < -0.4 is 5.56 Å². The van der Waals surface area contributed by atoms with E-state index >= 15 is 0 Å². The lowest BCUT2D eigenvalue weighted by atomic mass is 10.1. The number of halogens is 4. The predicted octanol–water partition coefficient (Wildman–Crippen LogP) is 3.68. The number of benzene rings is 1. The Balaban J connectivity index is 2.32. The fraction of sp³-hybridized carbons (Fsp3) is 0.312. The number of hydrogen-bond acceptors (Lipinski definition) is 2. The number of rotatable bonds is 2. The monoisotopic (exact) mass is 358 g/mol. The number of nitrogens with zero attached hydrogens (tertiary/aromatic N) is 1. The molecular weight excluding hydrogens is 345 g/mol. The number of aromatic amines is 1. The number of aryl methyl sites for hydroxylation is 1. The van der Waals surface area contributed by atoms with E-state index < -0.39 is 18.8 Å². The van der Waals surface area contributed by atoms with E-state index in [0.29, 0.717) is 27.5 Å². The molecular formula is C16H14ClF3N2O2. The van der Waals surface area contributed by atoms with Gasteiger partial charge in [0.15, 0.2) is 6.10 Å². The first kappa shape index (κ1) is 16.9. The topological polar surface area (TPSA) is 58.0 Å². The molecule has 2 heterocycles. The maximum Gasteiger partial charge on any atom is 0.416 e. The first-order chi connectivity index (χ1) is 11.1. The van der Waals surface area contributed by atoms with E-state index in [1.165, 1.54) is 10.6 Å². The molecule has 0 bridgehead atoms. The quantitative estimate of drug-likeness (QED) is 0.734. The van der Waals surface area contributed by atoms with E-state index in [1.807, 2.05) is 0 Å². The molecule has 0 spiro atoms. The first-order valence-corrected chi connectivity index (χ1v) is 7.54. The molecule has 3 rings (SSSR count). The molecule has 0 fully saturated rings. The first-order valence-electron chi connectivity index (χ1n) is 7.17. The van der Waals surface area contributed by atoms with Gasteiger partial charge in [0.25, 0.3) is 0 Å². The summed E-state index contributed by atoms with van der Waals surface area (Å²) in [6.07, 6.45) is -7.16. The Bertz CT molecular complexity index is 1000. The maximum atomic E-state index is 12.7. The molecule has 24 heavy (non-hydrogen) atoms. The van der Waals surface area contributed by atoms with Crippen LogP contribution in [-0.4, -0.2) is 26.9 Å². The Morgan fingerprint density at radius 2 is 1.96 bits per heavy atom. The lowest BCUT2D eigenvalue weighted by molar-refractivity contribution is -0.207. The van der Waals surface area contributed by atoms with Crippen molar-refractivity contribution in [3.63, 3.8) is 0 Å². The second-order valence-corrected chi connectivity index (χ2v) is 6.15. The molecule has 2 aromatic heterocycles. The van der Waals surface area contributed by atoms with E-state index in [-0.39, 0.29) is 10.6 Å². The van der Waals surface area contributed by atoms with Crippen molar-refractivity contribution in [3.05, 3.63) is 44.8 Å². The van der Waals surface area contributed by atoms with Crippen molar-refractivity contribution in [1.29, 1.82) is 0 Å². The average Bonchev–Trinajstić information content (AvgIpc) is 2.70. The van der Waals surface area contributed by atoms with Crippen LogP contribution in [-0.2, 0) is 6.54 Å². The van der Waals surface area contributed by atoms with E-state index in [1.54, 1.807) is 26.0 Å². The second kappa shape index (κ2) is 5.53. The fourth-order valence-corrected chi connectivity index (χ4v) is 3.28. The summed E-state index contributed by atoms with van der Waals surface area (Å²) >= 11 is 6.19. The van der Waals surface area contributed by atoms with E-state index in [2.05, 4.69) is 4.98 Å². The summed E-state index contributed by atoms with van der Waals surface area (Å²) in [7, 11) is 0. The van der Waals surface area contributed by atoms with Gasteiger partial charge < -0.3 is 14.7 Å². The second-order valence-electron chi connectivity index (χ2n) is 5.74. The van der Waals surface area contributed by atoms with Crippen molar-refractivity contribution < 1.29 is 18.3 Å². The third-order valence-corrected chi connectivity index (χ3v) is 4.58. The number of fused-ring (bicyclic) bond motifs is 3. The number of aliphatic hydroxyl groups excluding tert-OH is 1. The number of alkyl halides is 3. The van der Waals surface area contributed by atoms with Crippen LogP contribution in [0.15, 0.2) is 23.0 Å². The zero-order valence-corrected chi connectivity index (χ0v) is 13.6. The maximum absolute atomic E-state index is 12.7. The molecule has 1 unspecified atom stereocenters. The molecule has 3 aromatic rings. The molecule has 0 saturated carbocycles. The molecule has 1 atom stereocenters. The largest absolute Gasteiger partial charge is 0.416 e. The molecule has 2 N–H and O–H groups in total. The zero-order chi connectivity index (χ0) is 17.8. The summed E-state index contributed by atoms with van der Waals surface area (Å²) in [5.41, 5.74) is 2.03. The number of H-pyrrole nitrogens is 1. The Labute approximate surface area is 139 Å². The van der Waals surface area contributed by atoms with Gasteiger partial charge in [-0.25, -0.2) is 0 Å². The van der Waals surface area contributed by atoms with Gasteiger partial charge in [0.05, 0.1) is 17.1 Å². The van der Waals surface area contributed by atoms with Crippen LogP contribution in [0.5, 0.6) is 0 Å². The van der Waals surface area contributed by atoms with Crippen molar-refractivity contribution in [2.45, 2.75) is 32.7 Å². The summed E-state index contributed by atoms with van der Waals surface area (Å²) in [6, 6.07) is 4.45. The summed E-state index contributed by atoms with van der Waals surface area (Å²) < 4.78 is 39.6. The highest BCUT2D eigenvalue weighted by Gasteiger charge is 2.38. The van der Waals surface area contributed by atoms with Crippen LogP contribution in [0.3, 0.4) is 0 Å². The molecule has 0 aliphatic heterocycles. The van der Waals surface area contributed by atoms with E-state index in [0.717, 1.165) is 5.56 Å². The highest BCUT2D eigenvalue weighted by atomic mass is 35.5. The van der Waals surface area contributed by atoms with Crippen LogP contribution in [0.2, 0.25) is 5.02 Å². The molecule has 0 saturated heterocycles. The smallest absolute Gasteiger partial charge is 0.382 e. The predicted molar refractivity (Wildman–Crippen MR) is 86.6 cm³/mol. The Morgan fingerprint density at radius 1 is 1.29 bits per heavy atom. The Kier molecular flexibility index (Phi) is 3.88. The van der Waals surface area contributed by atoms with Crippen LogP contribution >= 0.6 is 11.6 Å². The minimum Gasteiger partial charge on any atom is -0.382 e. The minimum atomic E-state index is -4.70. The van der Waals surface area contributed by atoms with Gasteiger partial charge in [0, 0.05) is 28.0 Å². The van der Waals surface area contributed by atoms with Crippen LogP contribution in [0, 0.1) is 13.8 Å². The lowest BCUT2D eigenvalue weighted by Gasteiger charge is -2.17. The molecule has 4 nitrogen and oxygen atoms in total. The third kappa shape index (κ3) is 2.57. The van der Waals surface area contributed by atoms with Gasteiger partial charge in [-0.2, -0.15) is 13.2 Å². The summed E-state index contributed by atoms with van der Waals surface area (Å²) in [6.45, 7) is 2.85. The van der Waals surface area contributed by atoms with Crippen molar-refractivity contribution in [3.8, 4) is 0 Å². The SMILES string of the molecule is Cc1c(C)n(CC(O)C(F)(F)F)c2ccc3[nH]c(=O)cc(Cl)c3c12. The molecule has 0 aliphatic carbocycles. The van der Waals surface area contributed by atoms with Crippen LogP contribution in [0.25, 0.3) is 21.8 Å². The molecule has 1 aromatic carbocycles. The minimum absolute atomic E-state index is 0.232. The van der Waals surface area contributed by atoms with Gasteiger partial charge >= 0.3 is 6.18 Å². The Hall–Kier alpha value is -1.99. The fourth-order valence-electron chi connectivity index (χ4n) is 2.98. The standard InChI is InChI=1S/C16H14ClF3N2O2/c1-7-8(2)22(6-12(23)16(18,19)20)11-4-3-10-15(14(7)11)9(17)5-13(24)21-10/h3-5,12,23H,6H2,1-2H3,(H,21,24). The normalized spacial score (nSPS) is 13.8. The van der Waals surface area contributed by atoms with Gasteiger partial charge in [-0.15, -0.1) is 0 Å². The van der Waals surface area contributed by atoms with Crippen molar-refractivity contribution in [1.82, 2.24) is 9.55 Å². The third-order valence-electron chi connectivity index (χ3n) is 4.28. The number of aliphatic hydroxyl groups is 1. The molecule has 8 heteroatoms. The number of nitrogens with one attached hydrogen (secondary N) is 1. The van der Waals surface area contributed by atoms with Crippen LogP contribution in [0.1, 0.15) is 11.3 Å². The number of hydrogen-bond donors (Lipinski definition) is 2. The molecule has 0 radical (unpaired) electrons. The van der Waals surface area contributed by atoms with Gasteiger partial charge in [0.1, 0.15) is 0 Å². The number of aromatic nitrogens is 2.